The Morgan fingerprint density at radius 2 is 1.86 bits per heavy atom. The van der Waals surface area contributed by atoms with Crippen molar-refractivity contribution in [3.05, 3.63) is 11.8 Å². The van der Waals surface area contributed by atoms with E-state index in [0.29, 0.717) is 17.9 Å². The molecule has 1 heterocycles. The first kappa shape index (κ1) is 21.2. The molecular weight excluding hydrogens is 394 g/mol. The minimum atomic E-state index is -6.05. The van der Waals surface area contributed by atoms with Crippen molar-refractivity contribution in [2.45, 2.75) is 57.2 Å². The van der Waals surface area contributed by atoms with Gasteiger partial charge in [0.2, 0.25) is 0 Å². The highest BCUT2D eigenvalue weighted by molar-refractivity contribution is 5.93. The van der Waals surface area contributed by atoms with Crippen molar-refractivity contribution in [1.82, 2.24) is 10.8 Å². The standard InChI is InChI=1S/C17H22F6N2O3/c1-14(2)9-4-3-8(10(14)5-9)7-24-13(26)11-6-12(28-25-11)15(27,16(18,19)20)17(21,22)23/h6,8-10,12,25,27H,3-5,7H2,1-2H3,(H,24,26). The summed E-state index contributed by atoms with van der Waals surface area (Å²) in [7, 11) is 0. The highest BCUT2D eigenvalue weighted by Gasteiger charge is 2.75. The second kappa shape index (κ2) is 6.51. The minimum absolute atomic E-state index is 0.169. The molecule has 3 aliphatic carbocycles. The minimum Gasteiger partial charge on any atom is -0.371 e. The van der Waals surface area contributed by atoms with E-state index in [-0.39, 0.29) is 17.9 Å². The molecule has 4 atom stereocenters. The van der Waals surface area contributed by atoms with Crippen LogP contribution in [-0.4, -0.2) is 41.6 Å². The molecule has 2 bridgehead atoms. The van der Waals surface area contributed by atoms with Crippen molar-refractivity contribution in [1.29, 1.82) is 0 Å². The van der Waals surface area contributed by atoms with Crippen molar-refractivity contribution < 1.29 is 41.1 Å². The number of amides is 1. The second-order valence-corrected chi connectivity index (χ2v) is 8.39. The van der Waals surface area contributed by atoms with Crippen LogP contribution in [-0.2, 0) is 9.63 Å². The number of nitrogens with one attached hydrogen (secondary N) is 2. The molecule has 4 aliphatic rings. The van der Waals surface area contributed by atoms with Gasteiger partial charge >= 0.3 is 12.4 Å². The number of hydrogen-bond donors (Lipinski definition) is 3. The van der Waals surface area contributed by atoms with Gasteiger partial charge in [0.15, 0.2) is 6.10 Å². The lowest BCUT2D eigenvalue weighted by Crippen LogP contribution is -2.64. The van der Waals surface area contributed by atoms with Crippen LogP contribution in [0.1, 0.15) is 33.1 Å². The van der Waals surface area contributed by atoms with Crippen molar-refractivity contribution in [2.24, 2.45) is 23.2 Å². The fraction of sp³-hybridized carbons (Fsp3) is 0.824. The first-order chi connectivity index (χ1) is 12.7. The molecule has 3 saturated carbocycles. The van der Waals surface area contributed by atoms with Crippen LogP contribution < -0.4 is 10.8 Å². The van der Waals surface area contributed by atoms with Gasteiger partial charge in [0.05, 0.1) is 0 Å². The molecule has 0 radical (unpaired) electrons. The molecular formula is C17H22F6N2O3. The zero-order valence-corrected chi connectivity index (χ0v) is 15.2. The van der Waals surface area contributed by atoms with Gasteiger partial charge in [-0.25, -0.2) is 0 Å². The number of hydroxylamine groups is 1. The molecule has 4 unspecified atom stereocenters. The summed E-state index contributed by atoms with van der Waals surface area (Å²) < 4.78 is 77.3. The molecule has 3 fully saturated rings. The summed E-state index contributed by atoms with van der Waals surface area (Å²) in [6, 6.07) is 0. The predicted octanol–water partition coefficient (Wildman–Crippen LogP) is 2.82. The molecule has 1 amide bonds. The molecule has 160 valence electrons. The molecule has 11 heteroatoms. The largest absolute Gasteiger partial charge is 0.429 e. The van der Waals surface area contributed by atoms with Crippen LogP contribution in [0.25, 0.3) is 0 Å². The van der Waals surface area contributed by atoms with Gasteiger partial charge in [-0.1, -0.05) is 13.8 Å². The van der Waals surface area contributed by atoms with E-state index in [9.17, 15) is 36.2 Å². The lowest BCUT2D eigenvalue weighted by atomic mass is 9.45. The topological polar surface area (TPSA) is 70.6 Å². The van der Waals surface area contributed by atoms with Crippen molar-refractivity contribution in [3.63, 3.8) is 0 Å². The summed E-state index contributed by atoms with van der Waals surface area (Å²) in [4.78, 5) is 16.4. The van der Waals surface area contributed by atoms with E-state index in [1.165, 1.54) is 0 Å². The maximum Gasteiger partial charge on any atom is 0.429 e. The Morgan fingerprint density at radius 3 is 2.36 bits per heavy atom. The van der Waals surface area contributed by atoms with Crippen LogP contribution in [0.5, 0.6) is 0 Å². The fourth-order valence-electron chi connectivity index (χ4n) is 4.68. The Morgan fingerprint density at radius 1 is 1.25 bits per heavy atom. The molecule has 4 rings (SSSR count). The van der Waals surface area contributed by atoms with Crippen molar-refractivity contribution in [3.8, 4) is 0 Å². The molecule has 0 saturated heterocycles. The Kier molecular flexibility index (Phi) is 4.94. The summed E-state index contributed by atoms with van der Waals surface area (Å²) >= 11 is 0. The summed E-state index contributed by atoms with van der Waals surface area (Å²) in [5.41, 5.74) is -3.79. The van der Waals surface area contributed by atoms with Crippen LogP contribution in [0.3, 0.4) is 0 Å². The Bertz CT molecular complexity index is 657. The SMILES string of the molecule is CC1(C)C2CCC(CNC(=O)C3=CC(C(O)(C(F)(F)F)C(F)(F)F)ON3)C1C2. The first-order valence-electron chi connectivity index (χ1n) is 8.97. The monoisotopic (exact) mass is 416 g/mol. The Balaban J connectivity index is 1.65. The molecule has 0 aromatic heterocycles. The molecule has 5 nitrogen and oxygen atoms in total. The summed E-state index contributed by atoms with van der Waals surface area (Å²) in [6.07, 6.45) is -11.6. The maximum atomic E-state index is 12.9. The average Bonchev–Trinajstić information content (AvgIpc) is 3.07. The van der Waals surface area contributed by atoms with Gasteiger partial charge in [-0.2, -0.15) is 26.3 Å². The average molecular weight is 416 g/mol. The summed E-state index contributed by atoms with van der Waals surface area (Å²) in [5.74, 6) is 0.389. The number of alkyl halides is 6. The summed E-state index contributed by atoms with van der Waals surface area (Å²) in [6.45, 7) is 4.59. The van der Waals surface area contributed by atoms with Crippen LogP contribution in [0.4, 0.5) is 26.3 Å². The van der Waals surface area contributed by atoms with Crippen LogP contribution in [0, 0.1) is 23.2 Å². The molecule has 0 aromatic carbocycles. The molecule has 3 N–H and O–H groups in total. The highest BCUT2D eigenvalue weighted by Crippen LogP contribution is 2.61. The van der Waals surface area contributed by atoms with E-state index in [4.69, 9.17) is 0 Å². The third-order valence-electron chi connectivity index (χ3n) is 6.66. The predicted molar refractivity (Wildman–Crippen MR) is 84.3 cm³/mol. The van der Waals surface area contributed by atoms with Crippen LogP contribution >= 0.6 is 0 Å². The normalized spacial score (nSPS) is 32.2. The van der Waals surface area contributed by atoms with Crippen LogP contribution in [0.2, 0.25) is 0 Å². The second-order valence-electron chi connectivity index (χ2n) is 8.39. The van der Waals surface area contributed by atoms with E-state index >= 15 is 0 Å². The fourth-order valence-corrected chi connectivity index (χ4v) is 4.68. The first-order valence-corrected chi connectivity index (χ1v) is 8.97. The Labute approximate surface area is 157 Å². The number of aliphatic hydroxyl groups is 1. The zero-order valence-electron chi connectivity index (χ0n) is 15.2. The van der Waals surface area contributed by atoms with Gasteiger partial charge in [0.25, 0.3) is 11.5 Å². The zero-order chi connectivity index (χ0) is 21.1. The smallest absolute Gasteiger partial charge is 0.371 e. The number of rotatable bonds is 4. The lowest BCUT2D eigenvalue weighted by Gasteiger charge is -2.60. The van der Waals surface area contributed by atoms with Gasteiger partial charge in [-0.05, 0) is 48.5 Å². The number of carbonyl (C=O) groups excluding carboxylic acids is 1. The third-order valence-corrected chi connectivity index (χ3v) is 6.66. The maximum absolute atomic E-state index is 12.9. The number of halogens is 6. The van der Waals surface area contributed by atoms with Gasteiger partial charge in [0.1, 0.15) is 5.70 Å². The van der Waals surface area contributed by atoms with E-state index in [1.54, 1.807) is 5.48 Å². The number of hydrogen-bond acceptors (Lipinski definition) is 4. The van der Waals surface area contributed by atoms with Gasteiger partial charge in [-0.15, -0.1) is 0 Å². The number of fused-ring (bicyclic) bond motifs is 2. The van der Waals surface area contributed by atoms with Gasteiger partial charge in [-0.3, -0.25) is 15.1 Å². The highest BCUT2D eigenvalue weighted by atomic mass is 19.4. The molecule has 0 spiro atoms. The van der Waals surface area contributed by atoms with Crippen molar-refractivity contribution >= 4 is 5.91 Å². The third kappa shape index (κ3) is 3.16. The van der Waals surface area contributed by atoms with Gasteiger partial charge < -0.3 is 10.4 Å². The van der Waals surface area contributed by atoms with E-state index in [2.05, 4.69) is 24.0 Å². The lowest BCUT2D eigenvalue weighted by molar-refractivity contribution is -0.390. The Hall–Kier alpha value is -1.49. The van der Waals surface area contributed by atoms with Crippen LogP contribution in [0.15, 0.2) is 11.8 Å². The number of carbonyl (C=O) groups is 1. The van der Waals surface area contributed by atoms with E-state index < -0.39 is 35.7 Å². The quantitative estimate of drug-likeness (QED) is 0.617. The summed E-state index contributed by atoms with van der Waals surface area (Å²) in [5, 5.41) is 11.9. The molecule has 0 aromatic rings. The van der Waals surface area contributed by atoms with Crippen molar-refractivity contribution in [2.75, 3.05) is 6.54 Å². The molecule has 28 heavy (non-hydrogen) atoms. The molecule has 1 aliphatic heterocycles. The van der Waals surface area contributed by atoms with E-state index in [0.717, 1.165) is 19.3 Å². The van der Waals surface area contributed by atoms with E-state index in [1.807, 2.05) is 0 Å². The van der Waals surface area contributed by atoms with Gasteiger partial charge in [0, 0.05) is 6.54 Å².